The van der Waals surface area contributed by atoms with E-state index < -0.39 is 0 Å². The van der Waals surface area contributed by atoms with Crippen LogP contribution in [0.2, 0.25) is 0 Å². The third kappa shape index (κ3) is 2.83. The first kappa shape index (κ1) is 14.3. The number of anilines is 1. The summed E-state index contributed by atoms with van der Waals surface area (Å²) in [5.41, 5.74) is 6.58. The molecule has 5 heteroatoms. The molecular weight excluding hydrogens is 276 g/mol. The molecule has 2 heterocycles. The summed E-state index contributed by atoms with van der Waals surface area (Å²) in [6, 6.07) is 9.88. The fourth-order valence-corrected chi connectivity index (χ4v) is 2.45. The molecule has 0 bridgehead atoms. The van der Waals surface area contributed by atoms with E-state index in [4.69, 9.17) is 4.42 Å². The molecule has 0 aliphatic heterocycles. The predicted molar refractivity (Wildman–Crippen MR) is 88.3 cm³/mol. The minimum Gasteiger partial charge on any atom is -0.460 e. The van der Waals surface area contributed by atoms with Gasteiger partial charge in [0.15, 0.2) is 0 Å². The lowest BCUT2D eigenvalue weighted by atomic mass is 10.1. The van der Waals surface area contributed by atoms with E-state index in [0.717, 1.165) is 40.1 Å². The molecule has 2 aromatic heterocycles. The van der Waals surface area contributed by atoms with Crippen molar-refractivity contribution in [1.29, 1.82) is 0 Å². The first-order valence-corrected chi connectivity index (χ1v) is 7.29. The van der Waals surface area contributed by atoms with E-state index in [1.165, 1.54) is 0 Å². The Balaban J connectivity index is 1.89. The average molecular weight is 294 g/mol. The predicted octanol–water partition coefficient (Wildman–Crippen LogP) is 3.85. The maximum Gasteiger partial charge on any atom is 0.243 e. The third-order valence-corrected chi connectivity index (χ3v) is 3.37. The van der Waals surface area contributed by atoms with Crippen molar-refractivity contribution in [2.24, 2.45) is 5.10 Å². The molecule has 0 fully saturated rings. The van der Waals surface area contributed by atoms with Gasteiger partial charge < -0.3 is 4.42 Å². The zero-order valence-corrected chi connectivity index (χ0v) is 12.9. The van der Waals surface area contributed by atoms with Gasteiger partial charge in [0, 0.05) is 28.8 Å². The van der Waals surface area contributed by atoms with Crippen LogP contribution in [-0.4, -0.2) is 16.2 Å². The lowest BCUT2D eigenvalue weighted by Crippen LogP contribution is -2.00. The lowest BCUT2D eigenvalue weighted by molar-refractivity contribution is 0.556. The Morgan fingerprint density at radius 3 is 2.64 bits per heavy atom. The summed E-state index contributed by atoms with van der Waals surface area (Å²) in [6.45, 7) is 5.93. The maximum atomic E-state index is 5.84. The van der Waals surface area contributed by atoms with E-state index in [1.54, 1.807) is 6.21 Å². The van der Waals surface area contributed by atoms with E-state index in [1.807, 2.05) is 44.2 Å². The fraction of sp³-hybridized carbons (Fsp3) is 0.235. The van der Waals surface area contributed by atoms with Crippen molar-refractivity contribution in [3.8, 4) is 0 Å². The molecule has 0 saturated carbocycles. The second kappa shape index (κ2) is 5.97. The Morgan fingerprint density at radius 1 is 1.18 bits per heavy atom. The monoisotopic (exact) mass is 294 g/mol. The standard InChI is InChI=1S/C17H18N4O/c1-4-15-14(13-7-5-6-8-16(13)22-15)10-18-21-17-19-11(2)9-12(3)20-17/h5-10H,4H2,1-3H3,(H,19,20,21)/b18-10-. The molecule has 22 heavy (non-hydrogen) atoms. The zero-order chi connectivity index (χ0) is 15.5. The smallest absolute Gasteiger partial charge is 0.243 e. The van der Waals surface area contributed by atoms with E-state index >= 15 is 0 Å². The number of aryl methyl sites for hydroxylation is 3. The Bertz CT molecular complexity index is 816. The Kier molecular flexibility index (Phi) is 3.87. The van der Waals surface area contributed by atoms with Gasteiger partial charge in [-0.05, 0) is 26.0 Å². The second-order valence-corrected chi connectivity index (χ2v) is 5.13. The third-order valence-electron chi connectivity index (χ3n) is 3.37. The number of furan rings is 1. The number of aromatic nitrogens is 2. The number of nitrogens with one attached hydrogen (secondary N) is 1. The average Bonchev–Trinajstić information content (AvgIpc) is 2.84. The second-order valence-electron chi connectivity index (χ2n) is 5.13. The van der Waals surface area contributed by atoms with Crippen LogP contribution in [0.15, 0.2) is 39.9 Å². The zero-order valence-electron chi connectivity index (χ0n) is 12.9. The molecule has 0 aliphatic rings. The molecule has 0 radical (unpaired) electrons. The van der Waals surface area contributed by atoms with Crippen molar-refractivity contribution in [3.63, 3.8) is 0 Å². The van der Waals surface area contributed by atoms with Crippen molar-refractivity contribution < 1.29 is 4.42 Å². The number of benzene rings is 1. The van der Waals surface area contributed by atoms with Gasteiger partial charge in [-0.15, -0.1) is 0 Å². The van der Waals surface area contributed by atoms with Gasteiger partial charge in [0.05, 0.1) is 6.21 Å². The van der Waals surface area contributed by atoms with Crippen LogP contribution in [0.3, 0.4) is 0 Å². The van der Waals surface area contributed by atoms with Crippen LogP contribution in [0.5, 0.6) is 0 Å². The molecule has 5 nitrogen and oxygen atoms in total. The normalized spacial score (nSPS) is 11.4. The maximum absolute atomic E-state index is 5.84. The minimum atomic E-state index is 0.500. The van der Waals surface area contributed by atoms with Crippen LogP contribution in [0.4, 0.5) is 5.95 Å². The van der Waals surface area contributed by atoms with Crippen molar-refractivity contribution in [1.82, 2.24) is 9.97 Å². The minimum absolute atomic E-state index is 0.500. The van der Waals surface area contributed by atoms with Crippen LogP contribution in [0.1, 0.15) is 29.6 Å². The van der Waals surface area contributed by atoms with Crippen molar-refractivity contribution in [3.05, 3.63) is 53.0 Å². The topological polar surface area (TPSA) is 63.3 Å². The number of hydrazone groups is 1. The summed E-state index contributed by atoms with van der Waals surface area (Å²) in [4.78, 5) is 8.60. The summed E-state index contributed by atoms with van der Waals surface area (Å²) in [5, 5.41) is 5.33. The van der Waals surface area contributed by atoms with Gasteiger partial charge in [0.25, 0.3) is 0 Å². The summed E-state index contributed by atoms with van der Waals surface area (Å²) in [7, 11) is 0. The van der Waals surface area contributed by atoms with E-state index in [2.05, 4.69) is 27.4 Å². The van der Waals surface area contributed by atoms with E-state index in [9.17, 15) is 0 Å². The van der Waals surface area contributed by atoms with Crippen LogP contribution >= 0.6 is 0 Å². The van der Waals surface area contributed by atoms with Gasteiger partial charge in [-0.2, -0.15) is 5.10 Å². The molecular formula is C17H18N4O. The molecule has 3 aromatic rings. The van der Waals surface area contributed by atoms with E-state index in [0.29, 0.717) is 5.95 Å². The number of hydrogen-bond donors (Lipinski definition) is 1. The van der Waals surface area contributed by atoms with Gasteiger partial charge in [0.1, 0.15) is 11.3 Å². The van der Waals surface area contributed by atoms with Crippen molar-refractivity contribution in [2.45, 2.75) is 27.2 Å². The molecule has 1 N–H and O–H groups in total. The molecule has 112 valence electrons. The molecule has 0 unspecified atom stereocenters. The number of fused-ring (bicyclic) bond motifs is 1. The summed E-state index contributed by atoms with van der Waals surface area (Å²) >= 11 is 0. The molecule has 1 aromatic carbocycles. The summed E-state index contributed by atoms with van der Waals surface area (Å²) in [5.74, 6) is 1.42. The largest absolute Gasteiger partial charge is 0.460 e. The summed E-state index contributed by atoms with van der Waals surface area (Å²) in [6.07, 6.45) is 2.59. The first-order chi connectivity index (χ1) is 10.7. The fourth-order valence-electron chi connectivity index (χ4n) is 2.45. The Labute approximate surface area is 129 Å². The lowest BCUT2D eigenvalue weighted by Gasteiger charge is -2.01. The van der Waals surface area contributed by atoms with Gasteiger partial charge in [0.2, 0.25) is 5.95 Å². The number of hydrogen-bond acceptors (Lipinski definition) is 5. The molecule has 0 amide bonds. The highest BCUT2D eigenvalue weighted by Gasteiger charge is 2.10. The van der Waals surface area contributed by atoms with E-state index in [-0.39, 0.29) is 0 Å². The molecule has 3 rings (SSSR count). The van der Waals surface area contributed by atoms with Gasteiger partial charge in [-0.25, -0.2) is 15.4 Å². The highest BCUT2D eigenvalue weighted by atomic mass is 16.3. The molecule has 0 aliphatic carbocycles. The Morgan fingerprint density at radius 2 is 1.91 bits per heavy atom. The quantitative estimate of drug-likeness (QED) is 0.586. The number of para-hydroxylation sites is 1. The SMILES string of the molecule is CCc1oc2ccccc2c1/C=N\Nc1nc(C)cc(C)n1. The summed E-state index contributed by atoms with van der Waals surface area (Å²) < 4.78 is 5.84. The van der Waals surface area contributed by atoms with Crippen molar-refractivity contribution >= 4 is 23.1 Å². The van der Waals surface area contributed by atoms with Crippen LogP contribution in [0, 0.1) is 13.8 Å². The van der Waals surface area contributed by atoms with Gasteiger partial charge in [-0.3, -0.25) is 0 Å². The van der Waals surface area contributed by atoms with Crippen LogP contribution in [-0.2, 0) is 6.42 Å². The number of rotatable bonds is 4. The molecule has 0 spiro atoms. The van der Waals surface area contributed by atoms with Crippen LogP contribution in [0.25, 0.3) is 11.0 Å². The molecule has 0 saturated heterocycles. The highest BCUT2D eigenvalue weighted by Crippen LogP contribution is 2.24. The van der Waals surface area contributed by atoms with Crippen molar-refractivity contribution in [2.75, 3.05) is 5.43 Å². The number of nitrogens with zero attached hydrogens (tertiary/aromatic N) is 3. The highest BCUT2D eigenvalue weighted by molar-refractivity contribution is 5.99. The van der Waals surface area contributed by atoms with Gasteiger partial charge >= 0.3 is 0 Å². The van der Waals surface area contributed by atoms with Gasteiger partial charge in [-0.1, -0.05) is 25.1 Å². The van der Waals surface area contributed by atoms with Crippen LogP contribution < -0.4 is 5.43 Å². The Hall–Kier alpha value is -2.69. The first-order valence-electron chi connectivity index (χ1n) is 7.29. The molecule has 0 atom stereocenters.